The van der Waals surface area contributed by atoms with E-state index < -0.39 is 6.09 Å². The van der Waals surface area contributed by atoms with E-state index in [0.717, 1.165) is 0 Å². The predicted molar refractivity (Wildman–Crippen MR) is 81.4 cm³/mol. The van der Waals surface area contributed by atoms with E-state index in [1.165, 1.54) is 6.26 Å². The van der Waals surface area contributed by atoms with E-state index in [1.54, 1.807) is 37.3 Å². The molecule has 2 aromatic rings. The number of ether oxygens (including phenoxy) is 1. The summed E-state index contributed by atoms with van der Waals surface area (Å²) in [7, 11) is 0. The molecule has 0 atom stereocenters. The number of carbonyl (C=O) groups excluding carboxylic acids is 2. The van der Waals surface area contributed by atoms with Crippen LogP contribution in [0.1, 0.15) is 17.3 Å². The fourth-order valence-electron chi connectivity index (χ4n) is 1.58. The van der Waals surface area contributed by atoms with E-state index in [4.69, 9.17) is 9.15 Å². The van der Waals surface area contributed by atoms with Crippen LogP contribution in [-0.2, 0) is 4.74 Å². The first-order chi connectivity index (χ1) is 10.1. The second-order valence-electron chi connectivity index (χ2n) is 3.98. The lowest BCUT2D eigenvalue weighted by Gasteiger charge is -2.07. The smallest absolute Gasteiger partial charge is 0.411 e. The van der Waals surface area contributed by atoms with Gasteiger partial charge in [-0.3, -0.25) is 10.1 Å². The molecular formula is C14H13BrN2O4. The Morgan fingerprint density at radius 2 is 1.76 bits per heavy atom. The third kappa shape index (κ3) is 4.09. The van der Waals surface area contributed by atoms with Crippen LogP contribution in [0.2, 0.25) is 0 Å². The molecule has 2 amide bonds. The van der Waals surface area contributed by atoms with Gasteiger partial charge in [-0.1, -0.05) is 0 Å². The van der Waals surface area contributed by atoms with Crippen LogP contribution >= 0.6 is 15.9 Å². The fraction of sp³-hybridized carbons (Fsp3) is 0.143. The standard InChI is InChI=1S/C14H13BrN2O4/c1-2-20-14(19)17-10-5-3-9(4-6-10)16-13(18)11-7-8-21-12(11)15/h3-8H,2H2,1H3,(H,16,18)(H,17,19). The molecule has 0 aliphatic rings. The van der Waals surface area contributed by atoms with Crippen LogP contribution in [-0.4, -0.2) is 18.6 Å². The minimum Gasteiger partial charge on any atom is -0.457 e. The Hall–Kier alpha value is -2.28. The van der Waals surface area contributed by atoms with Gasteiger partial charge in [0.2, 0.25) is 0 Å². The van der Waals surface area contributed by atoms with Gasteiger partial charge >= 0.3 is 6.09 Å². The third-order valence-corrected chi connectivity index (χ3v) is 3.14. The Kier molecular flexibility index (Phi) is 4.99. The molecule has 0 aliphatic carbocycles. The zero-order valence-corrected chi connectivity index (χ0v) is 12.8. The van der Waals surface area contributed by atoms with Gasteiger partial charge in [0.25, 0.3) is 5.91 Å². The molecule has 110 valence electrons. The number of furan rings is 1. The van der Waals surface area contributed by atoms with Crippen molar-refractivity contribution in [3.63, 3.8) is 0 Å². The Morgan fingerprint density at radius 1 is 1.14 bits per heavy atom. The summed E-state index contributed by atoms with van der Waals surface area (Å²) in [4.78, 5) is 23.2. The molecule has 0 bridgehead atoms. The lowest BCUT2D eigenvalue weighted by atomic mass is 10.2. The summed E-state index contributed by atoms with van der Waals surface area (Å²) < 4.78 is 10.1. The highest BCUT2D eigenvalue weighted by Crippen LogP contribution is 2.20. The highest BCUT2D eigenvalue weighted by atomic mass is 79.9. The SMILES string of the molecule is CCOC(=O)Nc1ccc(NC(=O)c2ccoc2Br)cc1. The minimum absolute atomic E-state index is 0.290. The zero-order valence-electron chi connectivity index (χ0n) is 11.2. The summed E-state index contributed by atoms with van der Waals surface area (Å²) in [5.74, 6) is -0.290. The molecule has 0 fully saturated rings. The van der Waals surface area contributed by atoms with E-state index in [2.05, 4.69) is 26.6 Å². The number of hydrogen-bond donors (Lipinski definition) is 2. The molecule has 2 rings (SSSR count). The van der Waals surface area contributed by atoms with Gasteiger partial charge < -0.3 is 14.5 Å². The minimum atomic E-state index is -0.517. The molecule has 1 aromatic heterocycles. The molecule has 7 heteroatoms. The number of amides is 2. The monoisotopic (exact) mass is 352 g/mol. The molecule has 0 saturated heterocycles. The molecule has 1 aromatic carbocycles. The first kappa shape index (κ1) is 15.1. The van der Waals surface area contributed by atoms with Crippen LogP contribution in [0.25, 0.3) is 0 Å². The quantitative estimate of drug-likeness (QED) is 0.875. The fourth-order valence-corrected chi connectivity index (χ4v) is 2.00. The highest BCUT2D eigenvalue weighted by Gasteiger charge is 2.12. The maximum Gasteiger partial charge on any atom is 0.411 e. The molecule has 21 heavy (non-hydrogen) atoms. The van der Waals surface area contributed by atoms with E-state index in [-0.39, 0.29) is 5.91 Å². The topological polar surface area (TPSA) is 80.6 Å². The van der Waals surface area contributed by atoms with Gasteiger partial charge in [-0.05, 0) is 53.2 Å². The first-order valence-electron chi connectivity index (χ1n) is 6.18. The largest absolute Gasteiger partial charge is 0.457 e. The molecule has 6 nitrogen and oxygen atoms in total. The van der Waals surface area contributed by atoms with Crippen LogP contribution in [0, 0.1) is 0 Å². The summed E-state index contributed by atoms with van der Waals surface area (Å²) in [5.41, 5.74) is 1.59. The van der Waals surface area contributed by atoms with Crippen molar-refractivity contribution < 1.29 is 18.7 Å². The van der Waals surface area contributed by atoms with Crippen molar-refractivity contribution in [2.75, 3.05) is 17.2 Å². The number of nitrogens with one attached hydrogen (secondary N) is 2. The number of halogens is 1. The average Bonchev–Trinajstić information content (AvgIpc) is 2.87. The van der Waals surface area contributed by atoms with Gasteiger partial charge in [-0.2, -0.15) is 0 Å². The Balaban J connectivity index is 1.98. The van der Waals surface area contributed by atoms with Crippen molar-refractivity contribution in [2.45, 2.75) is 6.92 Å². The van der Waals surface area contributed by atoms with Crippen LogP contribution in [0.15, 0.2) is 45.7 Å². The third-order valence-electron chi connectivity index (χ3n) is 2.53. The zero-order chi connectivity index (χ0) is 15.2. The predicted octanol–water partition coefficient (Wildman–Crippen LogP) is 3.86. The summed E-state index contributed by atoms with van der Waals surface area (Å²) >= 11 is 3.14. The molecule has 0 radical (unpaired) electrons. The van der Waals surface area contributed by atoms with Crippen LogP contribution in [0.4, 0.5) is 16.2 Å². The number of anilines is 2. The van der Waals surface area contributed by atoms with E-state index in [1.807, 2.05) is 0 Å². The van der Waals surface area contributed by atoms with Crippen molar-refractivity contribution in [1.29, 1.82) is 0 Å². The van der Waals surface area contributed by atoms with Crippen molar-refractivity contribution in [1.82, 2.24) is 0 Å². The summed E-state index contributed by atoms with van der Waals surface area (Å²) in [6.45, 7) is 2.03. The van der Waals surface area contributed by atoms with Crippen LogP contribution in [0.3, 0.4) is 0 Å². The van der Waals surface area contributed by atoms with Gasteiger partial charge in [-0.25, -0.2) is 4.79 Å². The summed E-state index contributed by atoms with van der Waals surface area (Å²) in [5, 5.41) is 5.28. The molecular weight excluding hydrogens is 340 g/mol. The number of rotatable bonds is 4. The molecule has 0 saturated carbocycles. The Morgan fingerprint density at radius 3 is 2.29 bits per heavy atom. The maximum atomic E-state index is 12.0. The highest BCUT2D eigenvalue weighted by molar-refractivity contribution is 9.10. The summed E-state index contributed by atoms with van der Waals surface area (Å²) in [6, 6.07) is 8.24. The van der Waals surface area contributed by atoms with Gasteiger partial charge in [0.05, 0.1) is 18.4 Å². The Labute approximate surface area is 129 Å². The summed E-state index contributed by atoms with van der Waals surface area (Å²) in [6.07, 6.45) is 0.905. The van der Waals surface area contributed by atoms with Crippen molar-refractivity contribution >= 4 is 39.3 Å². The lowest BCUT2D eigenvalue weighted by Crippen LogP contribution is -2.14. The van der Waals surface area contributed by atoms with Gasteiger partial charge in [-0.15, -0.1) is 0 Å². The van der Waals surface area contributed by atoms with E-state index >= 15 is 0 Å². The normalized spacial score (nSPS) is 10.0. The van der Waals surface area contributed by atoms with Gasteiger partial charge in [0, 0.05) is 11.4 Å². The molecule has 0 unspecified atom stereocenters. The van der Waals surface area contributed by atoms with E-state index in [0.29, 0.717) is 28.2 Å². The van der Waals surface area contributed by atoms with Gasteiger partial charge in [0.1, 0.15) is 0 Å². The second-order valence-corrected chi connectivity index (χ2v) is 4.71. The van der Waals surface area contributed by atoms with Crippen LogP contribution < -0.4 is 10.6 Å². The maximum absolute atomic E-state index is 12.0. The molecule has 2 N–H and O–H groups in total. The number of hydrogen-bond acceptors (Lipinski definition) is 4. The first-order valence-corrected chi connectivity index (χ1v) is 6.97. The van der Waals surface area contributed by atoms with Crippen LogP contribution in [0.5, 0.6) is 0 Å². The van der Waals surface area contributed by atoms with Crippen molar-refractivity contribution in [2.24, 2.45) is 0 Å². The molecule has 0 spiro atoms. The van der Waals surface area contributed by atoms with E-state index in [9.17, 15) is 9.59 Å². The lowest BCUT2D eigenvalue weighted by molar-refractivity contribution is 0.102. The molecule has 1 heterocycles. The van der Waals surface area contributed by atoms with Gasteiger partial charge in [0.15, 0.2) is 4.67 Å². The number of carbonyl (C=O) groups is 2. The van der Waals surface area contributed by atoms with Crippen molar-refractivity contribution in [3.05, 3.63) is 46.8 Å². The average molecular weight is 353 g/mol. The molecule has 0 aliphatic heterocycles. The number of benzene rings is 1. The van der Waals surface area contributed by atoms with Crippen molar-refractivity contribution in [3.8, 4) is 0 Å². The Bertz CT molecular complexity index is 637. The second kappa shape index (κ2) is 6.94.